The molecule has 0 bridgehead atoms. The number of carbonyl (C=O) groups excluding carboxylic acids is 5. The second-order valence-electron chi connectivity index (χ2n) is 11.5. The van der Waals surface area contributed by atoms with Gasteiger partial charge < -0.3 is 47.8 Å². The Kier molecular flexibility index (Phi) is 10.6. The summed E-state index contributed by atoms with van der Waals surface area (Å²) >= 11 is 3.10. The highest BCUT2D eigenvalue weighted by atomic mass is 32.1. The number of amides is 3. The van der Waals surface area contributed by atoms with Gasteiger partial charge in [-0.15, -0.1) is 0 Å². The van der Waals surface area contributed by atoms with Gasteiger partial charge in [-0.1, -0.05) is 55.1 Å². The smallest absolute Gasteiger partial charge is 0.273 e. The number of likely N-dealkylation sites (N-methyl/N-ethyl adjacent to an activating group) is 1. The number of nitrogens with two attached hydrogens (primary N) is 3. The standard InChI is InChI=1S/C22H24N2O8.C8H9NO2.CH3NOS/c1-21(31)8-5-4-6-11(25)12(8)16(26)13-9(21)7-10-15(24(2)3)17(27)14(20(23)30)19(29)22(10,32)18(13)28;9-8(11)7(10)6-4-2-1-3-5-6;2-1(3)4/h4-6,9-10,15,25-26,29,31-32H,7H2,1-3H3,(H2,23,30);1-5,7,10H,(H2,9,11);(H3,2,3,4)/t9-,10-,15-,21+,22-;7-;/m01./s1. The fourth-order valence-electron chi connectivity index (χ4n) is 6.30. The molecule has 0 radical (unpaired) electrons. The third-order valence-corrected chi connectivity index (χ3v) is 8.41. The van der Waals surface area contributed by atoms with Crippen molar-refractivity contribution >= 4 is 47.0 Å². The van der Waals surface area contributed by atoms with Gasteiger partial charge in [-0.3, -0.25) is 28.9 Å². The fraction of sp³-hybridized carbons (Fsp3) is 0.323. The molecule has 47 heavy (non-hydrogen) atoms. The van der Waals surface area contributed by atoms with E-state index in [0.717, 1.165) is 0 Å². The number of thiol groups is 1. The molecule has 0 saturated heterocycles. The van der Waals surface area contributed by atoms with Crippen LogP contribution in [0.2, 0.25) is 0 Å². The van der Waals surface area contributed by atoms with Crippen LogP contribution < -0.4 is 17.2 Å². The van der Waals surface area contributed by atoms with Gasteiger partial charge in [0.2, 0.25) is 5.78 Å². The van der Waals surface area contributed by atoms with Gasteiger partial charge in [-0.25, -0.2) is 0 Å². The summed E-state index contributed by atoms with van der Waals surface area (Å²) in [5, 5.41) is 63.4. The van der Waals surface area contributed by atoms with Crippen LogP contribution in [0.1, 0.15) is 36.1 Å². The summed E-state index contributed by atoms with van der Waals surface area (Å²) in [6.45, 7) is 1.40. The molecule has 0 unspecified atom stereocenters. The summed E-state index contributed by atoms with van der Waals surface area (Å²) in [4.78, 5) is 59.6. The number of carbonyl (C=O) groups is 5. The van der Waals surface area contributed by atoms with Crippen molar-refractivity contribution in [2.75, 3.05) is 14.1 Å². The average molecular weight is 673 g/mol. The van der Waals surface area contributed by atoms with Crippen LogP contribution in [0.5, 0.6) is 5.75 Å². The molecular weight excluding hydrogens is 636 g/mol. The number of aliphatic hydroxyl groups excluding tert-OH is 3. The Morgan fingerprint density at radius 2 is 1.51 bits per heavy atom. The molecule has 2 aromatic rings. The van der Waals surface area contributed by atoms with E-state index >= 15 is 0 Å². The van der Waals surface area contributed by atoms with E-state index in [1.165, 1.54) is 44.1 Å². The summed E-state index contributed by atoms with van der Waals surface area (Å²) in [5.41, 5.74) is 9.20. The lowest BCUT2D eigenvalue weighted by molar-refractivity contribution is -0.159. The van der Waals surface area contributed by atoms with Crippen molar-refractivity contribution in [3.63, 3.8) is 0 Å². The molecule has 1 saturated carbocycles. The van der Waals surface area contributed by atoms with Gasteiger partial charge in [0, 0.05) is 17.4 Å². The predicted octanol–water partition coefficient (Wildman–Crippen LogP) is -0.171. The van der Waals surface area contributed by atoms with Crippen LogP contribution in [0.3, 0.4) is 0 Å². The van der Waals surface area contributed by atoms with Crippen molar-refractivity contribution in [2.24, 2.45) is 29.0 Å². The topological polar surface area (TPSA) is 288 Å². The third-order valence-electron chi connectivity index (χ3n) is 8.41. The number of aromatic hydroxyl groups is 1. The third kappa shape index (κ3) is 6.45. The normalized spacial score (nSPS) is 26.9. The van der Waals surface area contributed by atoms with Crippen molar-refractivity contribution in [3.05, 3.63) is 82.1 Å². The zero-order valence-electron chi connectivity index (χ0n) is 25.5. The van der Waals surface area contributed by atoms with Crippen LogP contribution in [-0.2, 0) is 24.8 Å². The van der Waals surface area contributed by atoms with E-state index in [1.54, 1.807) is 30.3 Å². The van der Waals surface area contributed by atoms with Crippen LogP contribution >= 0.6 is 12.6 Å². The molecule has 5 rings (SSSR count). The first kappa shape index (κ1) is 36.7. The molecule has 3 amide bonds. The van der Waals surface area contributed by atoms with Gasteiger partial charge in [-0.2, -0.15) is 0 Å². The number of benzene rings is 2. The van der Waals surface area contributed by atoms with Gasteiger partial charge in [0.05, 0.1) is 17.2 Å². The Labute approximate surface area is 274 Å². The predicted molar refractivity (Wildman–Crippen MR) is 169 cm³/mol. The quantitative estimate of drug-likeness (QED) is 0.150. The molecule has 3 aliphatic rings. The lowest BCUT2D eigenvalue weighted by atomic mass is 9.54. The Morgan fingerprint density at radius 3 is 2.00 bits per heavy atom. The summed E-state index contributed by atoms with van der Waals surface area (Å²) < 4.78 is 0. The maximum absolute atomic E-state index is 13.7. The Balaban J connectivity index is 0.000000332. The second-order valence-corrected chi connectivity index (χ2v) is 12.0. The van der Waals surface area contributed by atoms with Crippen molar-refractivity contribution < 1.29 is 54.6 Å². The minimum atomic E-state index is -2.75. The number of hydrogen-bond donors (Lipinski definition) is 10. The Hall–Kier alpha value is -4.74. The summed E-state index contributed by atoms with van der Waals surface area (Å²) in [6.07, 6.45) is -1.38. The Morgan fingerprint density at radius 1 is 0.957 bits per heavy atom. The fourth-order valence-corrected chi connectivity index (χ4v) is 6.30. The molecular formula is C31H36N4O11S. The number of Topliss-reactive ketones (excluding diaryl/α,β-unsaturated/α-hetero) is 2. The SMILES string of the molecule is CN(C)[C@@H]1C(=O)C(C(N)=O)=C(O)[C@@]2(O)C(=O)C3=C(O)c4c(O)cccc4[C@@](C)(O)[C@H]3C[C@@H]12.NC(=O)S.NC(=O)[C@H](O)c1ccccc1. The van der Waals surface area contributed by atoms with E-state index in [2.05, 4.69) is 18.4 Å². The number of aliphatic hydroxyl groups is 5. The molecule has 15 nitrogen and oxygen atoms in total. The number of phenolic OH excluding ortho intramolecular Hbond substituents is 1. The molecule has 3 aliphatic carbocycles. The van der Waals surface area contributed by atoms with Crippen LogP contribution in [0.4, 0.5) is 4.79 Å². The maximum Gasteiger partial charge on any atom is 0.273 e. The van der Waals surface area contributed by atoms with Crippen LogP contribution in [0.15, 0.2) is 65.4 Å². The molecule has 2 aromatic carbocycles. The number of nitrogens with zero attached hydrogens (tertiary/aromatic N) is 1. The Bertz CT molecular complexity index is 1690. The zero-order valence-corrected chi connectivity index (χ0v) is 26.4. The van der Waals surface area contributed by atoms with Gasteiger partial charge in [-0.05, 0) is 44.6 Å². The minimum Gasteiger partial charge on any atom is -0.508 e. The highest BCUT2D eigenvalue weighted by Crippen LogP contribution is 2.57. The molecule has 0 aliphatic heterocycles. The minimum absolute atomic E-state index is 0.170. The molecule has 0 heterocycles. The lowest BCUT2D eigenvalue weighted by Gasteiger charge is -2.53. The van der Waals surface area contributed by atoms with Gasteiger partial charge in [0.25, 0.3) is 17.1 Å². The van der Waals surface area contributed by atoms with Crippen molar-refractivity contribution in [1.29, 1.82) is 0 Å². The number of fused-ring (bicyclic) bond motifs is 3. The highest BCUT2D eigenvalue weighted by molar-refractivity contribution is 7.96. The van der Waals surface area contributed by atoms with Gasteiger partial charge in [0.15, 0.2) is 17.5 Å². The summed E-state index contributed by atoms with van der Waals surface area (Å²) in [6, 6.07) is 11.6. The summed E-state index contributed by atoms with van der Waals surface area (Å²) in [7, 11) is 3.01. The zero-order chi connectivity index (χ0) is 35.8. The number of primary amides is 3. The van der Waals surface area contributed by atoms with E-state index in [9.17, 15) is 44.7 Å². The number of ketones is 2. The first-order chi connectivity index (χ1) is 21.7. The monoisotopic (exact) mass is 672 g/mol. The highest BCUT2D eigenvalue weighted by Gasteiger charge is 2.66. The largest absolute Gasteiger partial charge is 0.508 e. The van der Waals surface area contributed by atoms with Crippen LogP contribution in [0, 0.1) is 11.8 Å². The van der Waals surface area contributed by atoms with E-state index in [0.29, 0.717) is 5.56 Å². The van der Waals surface area contributed by atoms with E-state index in [4.69, 9.17) is 21.4 Å². The van der Waals surface area contributed by atoms with Crippen molar-refractivity contribution in [2.45, 2.75) is 36.7 Å². The van der Waals surface area contributed by atoms with Gasteiger partial charge >= 0.3 is 0 Å². The summed E-state index contributed by atoms with van der Waals surface area (Å²) in [5.74, 6) is -8.62. The molecule has 16 heteroatoms. The average Bonchev–Trinajstić information content (AvgIpc) is 2.97. The van der Waals surface area contributed by atoms with E-state index < -0.39 is 92.2 Å². The molecule has 252 valence electrons. The molecule has 1 fully saturated rings. The number of hydrogen-bond acceptors (Lipinski definition) is 12. The van der Waals surface area contributed by atoms with Crippen LogP contribution in [0.25, 0.3) is 5.76 Å². The van der Waals surface area contributed by atoms with Gasteiger partial charge in [0.1, 0.15) is 22.8 Å². The first-order valence-corrected chi connectivity index (χ1v) is 14.4. The second kappa shape index (κ2) is 13.5. The van der Waals surface area contributed by atoms with E-state index in [-0.39, 0.29) is 17.5 Å². The first-order valence-electron chi connectivity index (χ1n) is 13.9. The van der Waals surface area contributed by atoms with E-state index in [1.807, 2.05) is 0 Å². The number of rotatable bonds is 4. The molecule has 6 atom stereocenters. The lowest BCUT2D eigenvalue weighted by Crippen LogP contribution is -2.67. The molecule has 0 aromatic heterocycles. The van der Waals surface area contributed by atoms with Crippen molar-refractivity contribution in [3.8, 4) is 5.75 Å². The number of phenols is 1. The molecule has 0 spiro atoms. The molecule has 12 N–H and O–H groups in total. The van der Waals surface area contributed by atoms with Crippen molar-refractivity contribution in [1.82, 2.24) is 4.90 Å². The van der Waals surface area contributed by atoms with Crippen LogP contribution in [-0.4, -0.2) is 89.9 Å². The maximum atomic E-state index is 13.7.